The number of carbonyl (C=O) groups excluding carboxylic acids is 4. The molecule has 0 aromatic heterocycles. The summed E-state index contributed by atoms with van der Waals surface area (Å²) in [6, 6.07) is 7.39. The third-order valence-corrected chi connectivity index (χ3v) is 8.31. The molecule has 0 saturated carbocycles. The van der Waals surface area contributed by atoms with Crippen molar-refractivity contribution in [2.45, 2.75) is 112 Å². The predicted molar refractivity (Wildman–Crippen MR) is 183 cm³/mol. The summed E-state index contributed by atoms with van der Waals surface area (Å²) in [6.07, 6.45) is 2.76. The van der Waals surface area contributed by atoms with Crippen molar-refractivity contribution in [1.29, 1.82) is 0 Å². The van der Waals surface area contributed by atoms with Crippen LogP contribution in [0.2, 0.25) is 0 Å². The molecule has 256 valence electrons. The average molecular weight is 630 g/mol. The monoisotopic (exact) mass is 629 g/mol. The highest BCUT2D eigenvalue weighted by atomic mass is 16.2. The molecule has 0 heterocycles. The van der Waals surface area contributed by atoms with E-state index in [4.69, 9.17) is 0 Å². The van der Waals surface area contributed by atoms with Gasteiger partial charge in [0.1, 0.15) is 18.1 Å². The Balaban J connectivity index is 3.29. The van der Waals surface area contributed by atoms with Gasteiger partial charge in [-0.05, 0) is 68.4 Å². The summed E-state index contributed by atoms with van der Waals surface area (Å²) in [5.41, 5.74) is 1.13. The van der Waals surface area contributed by atoms with Crippen molar-refractivity contribution in [3.8, 4) is 0 Å². The molecule has 2 N–H and O–H groups in total. The minimum atomic E-state index is -0.775. The van der Waals surface area contributed by atoms with E-state index in [0.29, 0.717) is 44.6 Å². The highest BCUT2D eigenvalue weighted by Crippen LogP contribution is 2.22. The minimum absolute atomic E-state index is 0.119. The van der Waals surface area contributed by atoms with E-state index in [9.17, 15) is 19.2 Å². The molecule has 1 aromatic carbocycles. The number of amides is 4. The lowest BCUT2D eigenvalue weighted by Crippen LogP contribution is -2.59. The van der Waals surface area contributed by atoms with Crippen LogP contribution >= 0.6 is 0 Å². The second-order valence-corrected chi connectivity index (χ2v) is 14.3. The van der Waals surface area contributed by atoms with E-state index in [-0.39, 0.29) is 41.4 Å². The molecule has 0 unspecified atom stereocenters. The van der Waals surface area contributed by atoms with Gasteiger partial charge in [0.05, 0.1) is 6.04 Å². The van der Waals surface area contributed by atoms with Crippen molar-refractivity contribution in [3.63, 3.8) is 0 Å². The molecule has 0 spiro atoms. The van der Waals surface area contributed by atoms with Gasteiger partial charge >= 0.3 is 0 Å². The quantitative estimate of drug-likeness (QED) is 0.233. The van der Waals surface area contributed by atoms with Gasteiger partial charge in [-0.3, -0.25) is 19.2 Å². The van der Waals surface area contributed by atoms with Gasteiger partial charge in [-0.1, -0.05) is 85.7 Å². The molecule has 4 atom stereocenters. The summed E-state index contributed by atoms with van der Waals surface area (Å²) in [6.45, 7) is 16.8. The van der Waals surface area contributed by atoms with Gasteiger partial charge in [-0.25, -0.2) is 0 Å². The lowest BCUT2D eigenvalue weighted by atomic mass is 9.95. The second-order valence-electron chi connectivity index (χ2n) is 14.3. The van der Waals surface area contributed by atoms with Gasteiger partial charge in [0.25, 0.3) is 0 Å². The predicted octanol–water partition coefficient (Wildman–Crippen LogP) is 4.60. The smallest absolute Gasteiger partial charge is 0.245 e. The zero-order valence-corrected chi connectivity index (χ0v) is 30.2. The van der Waals surface area contributed by atoms with E-state index in [1.807, 2.05) is 71.9 Å². The van der Waals surface area contributed by atoms with Crippen LogP contribution in [0.3, 0.4) is 0 Å². The highest BCUT2D eigenvalue weighted by molar-refractivity contribution is 5.94. The van der Waals surface area contributed by atoms with E-state index in [0.717, 1.165) is 5.56 Å². The standard InChI is InChI=1S/C36H63N5O4/c1-24(2)20-29(37-9)34(43)40(11)31(22-26(5)6)36(45)41(12)32(23-27(7)8)35(44)39(10)30(21-25(3)4)33(42)38-19-18-28-16-14-13-15-17-28/h13-17,24-27,29-32,37H,18-23H2,1-12H3,(H,38,42)/t29-,30-,31-,32+/m0/s1. The number of nitrogens with one attached hydrogen (secondary N) is 2. The molecule has 0 bridgehead atoms. The van der Waals surface area contributed by atoms with Crippen LogP contribution in [0.5, 0.6) is 0 Å². The fourth-order valence-electron chi connectivity index (χ4n) is 5.71. The van der Waals surface area contributed by atoms with E-state index in [1.165, 1.54) is 9.80 Å². The molecular formula is C36H63N5O4. The van der Waals surface area contributed by atoms with Gasteiger partial charge in [0, 0.05) is 27.7 Å². The number of nitrogens with zero attached hydrogens (tertiary/aromatic N) is 3. The van der Waals surface area contributed by atoms with Crippen molar-refractivity contribution >= 4 is 23.6 Å². The lowest BCUT2D eigenvalue weighted by molar-refractivity contribution is -0.153. The SMILES string of the molecule is CN[C@@H](CC(C)C)C(=O)N(C)[C@@H](CC(C)C)C(=O)N(C)[C@H](CC(C)C)C(=O)N(C)[C@@H](CC(C)C)C(=O)NCCc1ccccc1. The molecule has 4 amide bonds. The van der Waals surface area contributed by atoms with Gasteiger partial charge in [-0.2, -0.15) is 0 Å². The lowest BCUT2D eigenvalue weighted by Gasteiger charge is -2.39. The first kappa shape index (κ1) is 40.1. The molecule has 0 aliphatic carbocycles. The van der Waals surface area contributed by atoms with E-state index < -0.39 is 24.2 Å². The van der Waals surface area contributed by atoms with Crippen LogP contribution in [-0.2, 0) is 25.6 Å². The molecule has 0 radical (unpaired) electrons. The third kappa shape index (κ3) is 13.1. The molecular weight excluding hydrogens is 566 g/mol. The maximum absolute atomic E-state index is 14.2. The Kier molecular flexibility index (Phi) is 17.4. The second kappa shape index (κ2) is 19.5. The first-order chi connectivity index (χ1) is 21.0. The topological polar surface area (TPSA) is 102 Å². The van der Waals surface area contributed by atoms with Gasteiger partial charge < -0.3 is 25.3 Å². The average Bonchev–Trinajstić information content (AvgIpc) is 2.98. The van der Waals surface area contributed by atoms with Crippen LogP contribution < -0.4 is 10.6 Å². The number of benzene rings is 1. The normalized spacial score (nSPS) is 14.3. The molecule has 0 aliphatic heterocycles. The molecule has 1 rings (SSSR count). The number of hydrogen-bond donors (Lipinski definition) is 2. The van der Waals surface area contributed by atoms with Crippen LogP contribution in [-0.4, -0.2) is 97.2 Å². The zero-order chi connectivity index (χ0) is 34.4. The first-order valence-electron chi connectivity index (χ1n) is 16.8. The van der Waals surface area contributed by atoms with Crippen molar-refractivity contribution in [2.24, 2.45) is 23.7 Å². The number of likely N-dealkylation sites (N-methyl/N-ethyl adjacent to an activating group) is 4. The largest absolute Gasteiger partial charge is 0.354 e. The van der Waals surface area contributed by atoms with Crippen molar-refractivity contribution in [3.05, 3.63) is 35.9 Å². The molecule has 0 saturated heterocycles. The van der Waals surface area contributed by atoms with E-state index >= 15 is 0 Å². The van der Waals surface area contributed by atoms with Crippen LogP contribution in [0.4, 0.5) is 0 Å². The van der Waals surface area contributed by atoms with Gasteiger partial charge in [-0.15, -0.1) is 0 Å². The third-order valence-electron chi connectivity index (χ3n) is 8.31. The summed E-state index contributed by atoms with van der Waals surface area (Å²) >= 11 is 0. The Hall–Kier alpha value is -2.94. The fraction of sp³-hybridized carbons (Fsp3) is 0.722. The minimum Gasteiger partial charge on any atom is -0.354 e. The molecule has 1 aromatic rings. The highest BCUT2D eigenvalue weighted by Gasteiger charge is 2.39. The molecule has 45 heavy (non-hydrogen) atoms. The Labute approximate surface area is 273 Å². The van der Waals surface area contributed by atoms with Crippen molar-refractivity contribution in [2.75, 3.05) is 34.7 Å². The maximum atomic E-state index is 14.2. The van der Waals surface area contributed by atoms with Crippen molar-refractivity contribution in [1.82, 2.24) is 25.3 Å². The number of rotatable bonds is 19. The Morgan fingerprint density at radius 2 is 1.00 bits per heavy atom. The zero-order valence-electron chi connectivity index (χ0n) is 30.2. The summed E-state index contributed by atoms with van der Waals surface area (Å²) in [4.78, 5) is 60.1. The number of carbonyl (C=O) groups is 4. The van der Waals surface area contributed by atoms with Crippen LogP contribution in [0.15, 0.2) is 30.3 Å². The Morgan fingerprint density at radius 1 is 0.600 bits per heavy atom. The molecule has 9 nitrogen and oxygen atoms in total. The molecule has 0 aliphatic rings. The summed E-state index contributed by atoms with van der Waals surface area (Å²) in [5, 5.41) is 6.16. The Bertz CT molecular complexity index is 1060. The fourth-order valence-corrected chi connectivity index (χ4v) is 5.71. The van der Waals surface area contributed by atoms with Gasteiger partial charge in [0.15, 0.2) is 0 Å². The molecule has 0 fully saturated rings. The summed E-state index contributed by atoms with van der Waals surface area (Å²) in [7, 11) is 6.79. The summed E-state index contributed by atoms with van der Waals surface area (Å²) < 4.78 is 0. The Morgan fingerprint density at radius 3 is 1.42 bits per heavy atom. The van der Waals surface area contributed by atoms with Crippen molar-refractivity contribution < 1.29 is 19.2 Å². The molecule has 9 heteroatoms. The first-order valence-corrected chi connectivity index (χ1v) is 16.8. The summed E-state index contributed by atoms with van der Waals surface area (Å²) in [5.74, 6) is -0.113. The van der Waals surface area contributed by atoms with Gasteiger partial charge in [0.2, 0.25) is 23.6 Å². The maximum Gasteiger partial charge on any atom is 0.245 e. The van der Waals surface area contributed by atoms with Crippen LogP contribution in [0, 0.1) is 23.7 Å². The van der Waals surface area contributed by atoms with Crippen LogP contribution in [0.25, 0.3) is 0 Å². The van der Waals surface area contributed by atoms with E-state index in [1.54, 1.807) is 33.1 Å². The van der Waals surface area contributed by atoms with E-state index in [2.05, 4.69) is 24.5 Å². The van der Waals surface area contributed by atoms with Crippen LogP contribution in [0.1, 0.15) is 86.6 Å². The number of hydrogen-bond acceptors (Lipinski definition) is 5.